The molecule has 0 radical (unpaired) electrons. The van der Waals surface area contributed by atoms with Crippen molar-refractivity contribution >= 4 is 11.3 Å². The molecule has 0 atom stereocenters. The highest BCUT2D eigenvalue weighted by Crippen LogP contribution is 2.10. The van der Waals surface area contributed by atoms with Crippen molar-refractivity contribution in [2.75, 3.05) is 40.1 Å². The van der Waals surface area contributed by atoms with E-state index in [1.54, 1.807) is 18.4 Å². The summed E-state index contributed by atoms with van der Waals surface area (Å²) in [5.41, 5.74) is 1.02. The molecule has 0 aliphatic rings. The van der Waals surface area contributed by atoms with Gasteiger partial charge in [0.15, 0.2) is 0 Å². The van der Waals surface area contributed by atoms with Crippen molar-refractivity contribution in [2.45, 2.75) is 33.4 Å². The Hall–Kier alpha value is -0.530. The molecule has 6 heteroatoms. The smallest absolute Gasteiger partial charge is 0.107 e. The molecule has 1 rings (SSSR count). The maximum Gasteiger partial charge on any atom is 0.107 e. The molecule has 1 heterocycles. The monoisotopic (exact) mass is 316 g/mol. The largest absolute Gasteiger partial charge is 0.382 e. The Morgan fingerprint density at radius 2 is 2.00 bits per heavy atom. The van der Waals surface area contributed by atoms with Crippen molar-refractivity contribution < 1.29 is 14.2 Å². The second-order valence-electron chi connectivity index (χ2n) is 5.27. The van der Waals surface area contributed by atoms with E-state index in [9.17, 15) is 0 Å². The summed E-state index contributed by atoms with van der Waals surface area (Å²) in [5, 5.41) is 6.59. The van der Waals surface area contributed by atoms with Crippen LogP contribution in [-0.4, -0.2) is 45.1 Å². The highest BCUT2D eigenvalue weighted by molar-refractivity contribution is 7.09. The average molecular weight is 316 g/mol. The maximum atomic E-state index is 5.59. The van der Waals surface area contributed by atoms with E-state index in [0.717, 1.165) is 30.2 Å². The third-order valence-electron chi connectivity index (χ3n) is 2.69. The number of thiazole rings is 1. The van der Waals surface area contributed by atoms with Crippen LogP contribution in [0.25, 0.3) is 0 Å². The van der Waals surface area contributed by atoms with Crippen molar-refractivity contribution in [3.63, 3.8) is 0 Å². The first-order chi connectivity index (χ1) is 10.2. The zero-order valence-corrected chi connectivity index (χ0v) is 14.2. The van der Waals surface area contributed by atoms with Crippen LogP contribution in [0.3, 0.4) is 0 Å². The number of methoxy groups -OCH3 is 1. The Balaban J connectivity index is 2.01. The number of nitrogens with zero attached hydrogens (tertiary/aromatic N) is 1. The minimum atomic E-state index is 0.582. The van der Waals surface area contributed by atoms with E-state index in [1.165, 1.54) is 0 Å². The van der Waals surface area contributed by atoms with Crippen LogP contribution >= 0.6 is 11.3 Å². The zero-order valence-electron chi connectivity index (χ0n) is 13.4. The number of ether oxygens (including phenoxy) is 3. The normalized spacial score (nSPS) is 11.4. The fourth-order valence-electron chi connectivity index (χ4n) is 1.65. The molecule has 1 N–H and O–H groups in total. The van der Waals surface area contributed by atoms with Gasteiger partial charge in [-0.3, -0.25) is 0 Å². The van der Waals surface area contributed by atoms with Crippen LogP contribution in [0.2, 0.25) is 0 Å². The third kappa shape index (κ3) is 9.92. The number of nitrogens with one attached hydrogen (secondary N) is 1. The van der Waals surface area contributed by atoms with Gasteiger partial charge in [-0.15, -0.1) is 11.3 Å². The minimum Gasteiger partial charge on any atom is -0.382 e. The van der Waals surface area contributed by atoms with Gasteiger partial charge in [0.1, 0.15) is 5.01 Å². The summed E-state index contributed by atoms with van der Waals surface area (Å²) in [6.45, 7) is 9.56. The van der Waals surface area contributed by atoms with E-state index in [-0.39, 0.29) is 0 Å². The van der Waals surface area contributed by atoms with Crippen LogP contribution in [0.15, 0.2) is 5.38 Å². The highest BCUT2D eigenvalue weighted by atomic mass is 32.1. The third-order valence-corrected chi connectivity index (χ3v) is 3.58. The molecule has 0 aliphatic heterocycles. The Kier molecular flexibility index (Phi) is 10.6. The predicted octanol–water partition coefficient (Wildman–Crippen LogP) is 2.46. The maximum absolute atomic E-state index is 5.59. The van der Waals surface area contributed by atoms with Gasteiger partial charge in [0.2, 0.25) is 0 Å². The molecule has 0 saturated carbocycles. The van der Waals surface area contributed by atoms with E-state index in [0.29, 0.717) is 39.0 Å². The van der Waals surface area contributed by atoms with Crippen LogP contribution in [0.1, 0.15) is 31.0 Å². The van der Waals surface area contributed by atoms with Crippen LogP contribution < -0.4 is 5.32 Å². The lowest BCUT2D eigenvalue weighted by atomic mass is 10.2. The number of hydrogen-bond donors (Lipinski definition) is 1. The summed E-state index contributed by atoms with van der Waals surface area (Å²) < 4.78 is 15.9. The lowest BCUT2D eigenvalue weighted by Crippen LogP contribution is -2.18. The van der Waals surface area contributed by atoms with Crippen LogP contribution in [0, 0.1) is 5.92 Å². The van der Waals surface area contributed by atoms with Crippen LogP contribution in [0.5, 0.6) is 0 Å². The molecule has 5 nitrogen and oxygen atoms in total. The van der Waals surface area contributed by atoms with E-state index in [4.69, 9.17) is 14.2 Å². The van der Waals surface area contributed by atoms with Gasteiger partial charge in [-0.25, -0.2) is 4.98 Å². The van der Waals surface area contributed by atoms with Gasteiger partial charge in [0, 0.05) is 32.2 Å². The Morgan fingerprint density at radius 3 is 2.76 bits per heavy atom. The number of rotatable bonds is 13. The molecule has 0 unspecified atom stereocenters. The molecule has 0 saturated heterocycles. The van der Waals surface area contributed by atoms with Crippen molar-refractivity contribution in [3.05, 3.63) is 16.1 Å². The fourth-order valence-corrected chi connectivity index (χ4v) is 2.40. The summed E-state index contributed by atoms with van der Waals surface area (Å²) >= 11 is 1.69. The van der Waals surface area contributed by atoms with Gasteiger partial charge >= 0.3 is 0 Å². The second kappa shape index (κ2) is 12.1. The Labute approximate surface area is 132 Å². The summed E-state index contributed by atoms with van der Waals surface area (Å²) in [6, 6.07) is 0. The van der Waals surface area contributed by atoms with Crippen LogP contribution in [-0.2, 0) is 27.4 Å². The molecule has 122 valence electrons. The fraction of sp³-hybridized carbons (Fsp3) is 0.800. The van der Waals surface area contributed by atoms with Gasteiger partial charge in [-0.05, 0) is 18.9 Å². The highest BCUT2D eigenvalue weighted by Gasteiger charge is 2.02. The first-order valence-electron chi connectivity index (χ1n) is 7.50. The zero-order chi connectivity index (χ0) is 15.3. The standard InChI is InChI=1S/C15H28N2O3S/c1-13(2)9-16-10-15-17-14(12-21-15)11-20-6-4-5-19-8-7-18-3/h12-13,16H,4-11H2,1-3H3. The predicted molar refractivity (Wildman–Crippen MR) is 85.6 cm³/mol. The number of aromatic nitrogens is 1. The number of hydrogen-bond acceptors (Lipinski definition) is 6. The van der Waals surface area contributed by atoms with Gasteiger partial charge in [0.05, 0.1) is 25.5 Å². The Bertz CT molecular complexity index is 358. The minimum absolute atomic E-state index is 0.582. The summed E-state index contributed by atoms with van der Waals surface area (Å²) in [5.74, 6) is 0.666. The van der Waals surface area contributed by atoms with E-state index >= 15 is 0 Å². The molecule has 0 fully saturated rings. The first kappa shape index (κ1) is 18.5. The van der Waals surface area contributed by atoms with E-state index < -0.39 is 0 Å². The van der Waals surface area contributed by atoms with Gasteiger partial charge in [-0.2, -0.15) is 0 Å². The van der Waals surface area contributed by atoms with Crippen LogP contribution in [0.4, 0.5) is 0 Å². The van der Waals surface area contributed by atoms with Gasteiger partial charge in [-0.1, -0.05) is 13.8 Å². The average Bonchev–Trinajstić information content (AvgIpc) is 2.89. The lowest BCUT2D eigenvalue weighted by Gasteiger charge is -2.05. The molecular weight excluding hydrogens is 288 g/mol. The molecule has 0 aromatic carbocycles. The SMILES string of the molecule is COCCOCCCOCc1csc(CNCC(C)C)n1. The first-order valence-corrected chi connectivity index (χ1v) is 8.38. The quantitative estimate of drug-likeness (QED) is 0.567. The second-order valence-corrected chi connectivity index (χ2v) is 6.21. The van der Waals surface area contributed by atoms with Crippen molar-refractivity contribution in [1.82, 2.24) is 10.3 Å². The molecule has 21 heavy (non-hydrogen) atoms. The summed E-state index contributed by atoms with van der Waals surface area (Å²) in [6.07, 6.45) is 0.899. The molecular formula is C15H28N2O3S. The molecule has 0 bridgehead atoms. The molecule has 0 aliphatic carbocycles. The Morgan fingerprint density at radius 1 is 1.19 bits per heavy atom. The molecule has 1 aromatic heterocycles. The van der Waals surface area contributed by atoms with Crippen molar-refractivity contribution in [2.24, 2.45) is 5.92 Å². The molecule has 0 spiro atoms. The van der Waals surface area contributed by atoms with E-state index in [2.05, 4.69) is 29.5 Å². The molecule has 1 aromatic rings. The summed E-state index contributed by atoms with van der Waals surface area (Å²) in [7, 11) is 1.67. The van der Waals surface area contributed by atoms with Crippen molar-refractivity contribution in [3.8, 4) is 0 Å². The molecule has 0 amide bonds. The van der Waals surface area contributed by atoms with Gasteiger partial charge in [0.25, 0.3) is 0 Å². The topological polar surface area (TPSA) is 52.6 Å². The van der Waals surface area contributed by atoms with Crippen molar-refractivity contribution in [1.29, 1.82) is 0 Å². The lowest BCUT2D eigenvalue weighted by molar-refractivity contribution is 0.0479. The van der Waals surface area contributed by atoms with Gasteiger partial charge < -0.3 is 19.5 Å². The van der Waals surface area contributed by atoms with E-state index in [1.807, 2.05) is 0 Å². The summed E-state index contributed by atoms with van der Waals surface area (Å²) in [4.78, 5) is 4.55.